The van der Waals surface area contributed by atoms with Crippen LogP contribution in [0.25, 0.3) is 6.08 Å². The van der Waals surface area contributed by atoms with E-state index >= 15 is 0 Å². The van der Waals surface area contributed by atoms with E-state index in [-0.39, 0.29) is 16.9 Å². The van der Waals surface area contributed by atoms with Crippen LogP contribution in [0.3, 0.4) is 0 Å². The van der Waals surface area contributed by atoms with Crippen LogP contribution in [0.1, 0.15) is 18.1 Å². The van der Waals surface area contributed by atoms with Gasteiger partial charge in [-0.05, 0) is 43.7 Å². The molecule has 0 radical (unpaired) electrons. The first-order valence-electron chi connectivity index (χ1n) is 8.25. The third-order valence-electron chi connectivity index (χ3n) is 4.44. The number of para-hydroxylation sites is 1. The molecule has 0 aromatic heterocycles. The summed E-state index contributed by atoms with van der Waals surface area (Å²) in [5.41, 5.74) is 2.61. The molecule has 1 amide bonds. The fourth-order valence-electron chi connectivity index (χ4n) is 2.98. The molecule has 27 heavy (non-hydrogen) atoms. The number of esters is 1. The van der Waals surface area contributed by atoms with E-state index < -0.39 is 11.9 Å². The molecule has 6 heteroatoms. The lowest BCUT2D eigenvalue weighted by Crippen LogP contribution is -2.24. The van der Waals surface area contributed by atoms with Crippen molar-refractivity contribution in [2.45, 2.75) is 13.8 Å². The van der Waals surface area contributed by atoms with Gasteiger partial charge in [-0.1, -0.05) is 35.9 Å². The van der Waals surface area contributed by atoms with Gasteiger partial charge in [0, 0.05) is 16.3 Å². The average Bonchev–Trinajstić information content (AvgIpc) is 2.89. The molecule has 1 heterocycles. The second-order valence-corrected chi connectivity index (χ2v) is 6.55. The zero-order chi connectivity index (χ0) is 19.7. The fourth-order valence-corrected chi connectivity index (χ4v) is 3.15. The first-order valence-corrected chi connectivity index (χ1v) is 8.62. The molecule has 0 aliphatic carbocycles. The van der Waals surface area contributed by atoms with E-state index in [1.54, 1.807) is 43.3 Å². The number of allylic oxidation sites excluding steroid dienone is 1. The molecule has 3 rings (SSSR count). The fraction of sp³-hybridized carbons (Fsp3) is 0.143. The molecule has 0 fully saturated rings. The van der Waals surface area contributed by atoms with E-state index in [1.165, 1.54) is 24.2 Å². The Morgan fingerprint density at radius 3 is 2.52 bits per heavy atom. The van der Waals surface area contributed by atoms with Crippen LogP contribution in [0, 0.1) is 6.92 Å². The molecule has 0 bridgehead atoms. The van der Waals surface area contributed by atoms with Crippen molar-refractivity contribution in [2.75, 3.05) is 12.0 Å². The summed E-state index contributed by atoms with van der Waals surface area (Å²) in [7, 11) is 1.26. The predicted octanol–water partition coefficient (Wildman–Crippen LogP) is 4.23. The van der Waals surface area contributed by atoms with Crippen LogP contribution in [0.2, 0.25) is 5.02 Å². The summed E-state index contributed by atoms with van der Waals surface area (Å²) in [6.07, 6.45) is 1.49. The normalized spacial score (nSPS) is 15.6. The highest BCUT2D eigenvalue weighted by atomic mass is 35.5. The molecule has 138 valence electrons. The Balaban J connectivity index is 2.17. The molecule has 0 saturated carbocycles. The standard InChI is InChI=1S/C21H18ClNO4/c1-12-8-9-15(11-17(12)22)23-13(2)19(21(26)27-3)16(20(23)25)10-14-6-4-5-7-18(14)24/h4-11,24H,1-3H3/b16-10-. The van der Waals surface area contributed by atoms with Gasteiger partial charge in [0.25, 0.3) is 5.91 Å². The maximum absolute atomic E-state index is 13.1. The maximum Gasteiger partial charge on any atom is 0.340 e. The van der Waals surface area contributed by atoms with Crippen LogP contribution >= 0.6 is 11.6 Å². The summed E-state index contributed by atoms with van der Waals surface area (Å²) in [6.45, 7) is 3.54. The molecule has 0 saturated heterocycles. The number of hydrogen-bond donors (Lipinski definition) is 1. The van der Waals surface area contributed by atoms with E-state index in [1.807, 2.05) is 6.92 Å². The highest BCUT2D eigenvalue weighted by molar-refractivity contribution is 6.32. The predicted molar refractivity (Wildman–Crippen MR) is 104 cm³/mol. The van der Waals surface area contributed by atoms with Crippen molar-refractivity contribution in [3.05, 3.63) is 75.5 Å². The minimum atomic E-state index is -0.622. The van der Waals surface area contributed by atoms with E-state index in [0.717, 1.165) is 5.56 Å². The number of amides is 1. The Hall–Kier alpha value is -3.05. The van der Waals surface area contributed by atoms with Crippen molar-refractivity contribution in [1.82, 2.24) is 0 Å². The number of phenolic OH excluding ortho intramolecular Hbond substituents is 1. The number of carbonyl (C=O) groups is 2. The van der Waals surface area contributed by atoms with Gasteiger partial charge in [0.05, 0.1) is 23.9 Å². The third kappa shape index (κ3) is 3.34. The molecule has 0 atom stereocenters. The number of rotatable bonds is 3. The number of phenols is 1. The summed E-state index contributed by atoms with van der Waals surface area (Å²) in [6, 6.07) is 11.8. The van der Waals surface area contributed by atoms with E-state index in [0.29, 0.717) is 22.0 Å². The molecule has 2 aromatic rings. The molecular formula is C21H18ClNO4. The van der Waals surface area contributed by atoms with Crippen LogP contribution in [0.5, 0.6) is 5.75 Å². The second-order valence-electron chi connectivity index (χ2n) is 6.14. The first-order chi connectivity index (χ1) is 12.8. The number of ether oxygens (including phenoxy) is 1. The number of benzene rings is 2. The Morgan fingerprint density at radius 2 is 1.89 bits per heavy atom. The number of methoxy groups -OCH3 is 1. The number of aryl methyl sites for hydroxylation is 1. The Bertz CT molecular complexity index is 1010. The number of aromatic hydroxyl groups is 1. The number of anilines is 1. The molecule has 5 nitrogen and oxygen atoms in total. The summed E-state index contributed by atoms with van der Waals surface area (Å²) in [5, 5.41) is 10.6. The van der Waals surface area contributed by atoms with Gasteiger partial charge >= 0.3 is 5.97 Å². The van der Waals surface area contributed by atoms with Crippen LogP contribution in [0.4, 0.5) is 5.69 Å². The van der Waals surface area contributed by atoms with Crippen molar-refractivity contribution in [3.63, 3.8) is 0 Å². The monoisotopic (exact) mass is 383 g/mol. The Morgan fingerprint density at radius 1 is 1.19 bits per heavy atom. The molecule has 0 unspecified atom stereocenters. The zero-order valence-electron chi connectivity index (χ0n) is 15.1. The summed E-state index contributed by atoms with van der Waals surface area (Å²) < 4.78 is 4.87. The smallest absolute Gasteiger partial charge is 0.340 e. The number of hydrogen-bond acceptors (Lipinski definition) is 4. The lowest BCUT2D eigenvalue weighted by atomic mass is 10.0. The molecular weight excluding hydrogens is 366 g/mol. The van der Waals surface area contributed by atoms with E-state index in [2.05, 4.69) is 0 Å². The lowest BCUT2D eigenvalue weighted by molar-refractivity contribution is -0.136. The Labute approximate surface area is 162 Å². The topological polar surface area (TPSA) is 66.8 Å². The van der Waals surface area contributed by atoms with E-state index in [9.17, 15) is 14.7 Å². The quantitative estimate of drug-likeness (QED) is 0.636. The van der Waals surface area contributed by atoms with Crippen LogP contribution in [-0.2, 0) is 14.3 Å². The summed E-state index contributed by atoms with van der Waals surface area (Å²) in [5.74, 6) is -1.00. The molecule has 2 aromatic carbocycles. The zero-order valence-corrected chi connectivity index (χ0v) is 15.9. The molecule has 1 aliphatic rings. The van der Waals surface area contributed by atoms with E-state index in [4.69, 9.17) is 16.3 Å². The highest BCUT2D eigenvalue weighted by Gasteiger charge is 2.38. The highest BCUT2D eigenvalue weighted by Crippen LogP contribution is 2.37. The van der Waals surface area contributed by atoms with Crippen molar-refractivity contribution in [1.29, 1.82) is 0 Å². The SMILES string of the molecule is COC(=O)C1=C(C)N(c2ccc(C)c(Cl)c2)C(=O)/C1=C\c1ccccc1O. The van der Waals surface area contributed by atoms with Crippen LogP contribution in [-0.4, -0.2) is 24.1 Å². The molecule has 1 N–H and O–H groups in total. The van der Waals surface area contributed by atoms with Crippen molar-refractivity contribution in [2.24, 2.45) is 0 Å². The first kappa shape index (κ1) is 18.7. The van der Waals surface area contributed by atoms with Gasteiger partial charge in [-0.3, -0.25) is 9.69 Å². The summed E-state index contributed by atoms with van der Waals surface area (Å²) >= 11 is 6.21. The van der Waals surface area contributed by atoms with Crippen LogP contribution in [0.15, 0.2) is 59.3 Å². The van der Waals surface area contributed by atoms with Gasteiger partial charge in [0.2, 0.25) is 0 Å². The number of carbonyl (C=O) groups excluding carboxylic acids is 2. The van der Waals surface area contributed by atoms with Gasteiger partial charge in [-0.2, -0.15) is 0 Å². The van der Waals surface area contributed by atoms with Crippen molar-refractivity contribution in [3.8, 4) is 5.75 Å². The molecule has 1 aliphatic heterocycles. The number of nitrogens with zero attached hydrogens (tertiary/aromatic N) is 1. The minimum Gasteiger partial charge on any atom is -0.507 e. The Kier molecular flexibility index (Phi) is 5.06. The lowest BCUT2D eigenvalue weighted by Gasteiger charge is -2.18. The summed E-state index contributed by atoms with van der Waals surface area (Å²) in [4.78, 5) is 26.9. The van der Waals surface area contributed by atoms with Gasteiger partial charge < -0.3 is 9.84 Å². The van der Waals surface area contributed by atoms with Gasteiger partial charge in [0.1, 0.15) is 5.75 Å². The molecule has 0 spiro atoms. The van der Waals surface area contributed by atoms with Gasteiger partial charge in [-0.25, -0.2) is 4.79 Å². The van der Waals surface area contributed by atoms with Crippen molar-refractivity contribution < 1.29 is 19.4 Å². The maximum atomic E-state index is 13.1. The average molecular weight is 384 g/mol. The second kappa shape index (κ2) is 7.29. The van der Waals surface area contributed by atoms with Gasteiger partial charge in [0.15, 0.2) is 0 Å². The number of halogens is 1. The van der Waals surface area contributed by atoms with Crippen molar-refractivity contribution >= 4 is 35.2 Å². The van der Waals surface area contributed by atoms with Crippen LogP contribution < -0.4 is 4.90 Å². The van der Waals surface area contributed by atoms with Gasteiger partial charge in [-0.15, -0.1) is 0 Å². The minimum absolute atomic E-state index is 0.0106. The third-order valence-corrected chi connectivity index (χ3v) is 4.85. The largest absolute Gasteiger partial charge is 0.507 e.